The minimum absolute atomic E-state index is 0.258. The van der Waals surface area contributed by atoms with Gasteiger partial charge in [0.2, 0.25) is 0 Å². The number of aromatic nitrogens is 2. The molecule has 1 unspecified atom stereocenters. The van der Waals surface area contributed by atoms with Crippen molar-refractivity contribution < 1.29 is 4.39 Å². The van der Waals surface area contributed by atoms with Crippen LogP contribution in [0.1, 0.15) is 25.5 Å². The molecule has 2 rings (SSSR count). The fourth-order valence-corrected chi connectivity index (χ4v) is 2.27. The number of piperidine rings is 1. The Labute approximate surface area is 101 Å². The largest absolute Gasteiger partial charge is 0.353 e. The van der Waals surface area contributed by atoms with Crippen LogP contribution < -0.4 is 10.2 Å². The van der Waals surface area contributed by atoms with Crippen LogP contribution in [0.5, 0.6) is 0 Å². The maximum absolute atomic E-state index is 14.1. The van der Waals surface area contributed by atoms with E-state index in [4.69, 9.17) is 0 Å². The molecule has 2 heterocycles. The molecule has 1 aliphatic heterocycles. The zero-order valence-electron chi connectivity index (χ0n) is 10.4. The molecule has 1 atom stereocenters. The molecule has 1 saturated heterocycles. The van der Waals surface area contributed by atoms with Gasteiger partial charge in [0.05, 0.1) is 5.69 Å². The van der Waals surface area contributed by atoms with E-state index in [0.717, 1.165) is 25.9 Å². The number of hydrogen-bond acceptors (Lipinski definition) is 4. The summed E-state index contributed by atoms with van der Waals surface area (Å²) < 4.78 is 14.1. The van der Waals surface area contributed by atoms with Crippen LogP contribution in [0.4, 0.5) is 10.2 Å². The number of likely N-dealkylation sites (N-methyl/N-ethyl adjacent to an activating group) is 1. The summed E-state index contributed by atoms with van der Waals surface area (Å²) in [5.74, 6) is 0.198. The molecule has 1 N–H and O–H groups in total. The van der Waals surface area contributed by atoms with Crippen molar-refractivity contribution in [2.75, 3.05) is 25.0 Å². The Bertz CT molecular complexity index is 383. The first kappa shape index (κ1) is 12.2. The summed E-state index contributed by atoms with van der Waals surface area (Å²) in [6, 6.07) is 0.420. The van der Waals surface area contributed by atoms with Crippen molar-refractivity contribution in [2.45, 2.75) is 32.2 Å². The lowest BCUT2D eigenvalue weighted by Crippen LogP contribution is -2.45. The Morgan fingerprint density at radius 1 is 1.53 bits per heavy atom. The SMILES string of the molecule is CCc1ncnc(N2CCCC(NC)C2)c1F. The van der Waals surface area contributed by atoms with Crippen molar-refractivity contribution in [3.8, 4) is 0 Å². The number of hydrogen-bond donors (Lipinski definition) is 1. The molecule has 0 spiro atoms. The first-order chi connectivity index (χ1) is 8.26. The topological polar surface area (TPSA) is 41.1 Å². The van der Waals surface area contributed by atoms with Crippen LogP contribution in [0, 0.1) is 5.82 Å². The van der Waals surface area contributed by atoms with Gasteiger partial charge in [-0.25, -0.2) is 14.4 Å². The summed E-state index contributed by atoms with van der Waals surface area (Å²) in [7, 11) is 1.95. The van der Waals surface area contributed by atoms with E-state index in [9.17, 15) is 4.39 Å². The van der Waals surface area contributed by atoms with E-state index in [1.165, 1.54) is 6.33 Å². The maximum Gasteiger partial charge on any atom is 0.187 e. The normalized spacial score (nSPS) is 20.6. The highest BCUT2D eigenvalue weighted by Gasteiger charge is 2.23. The van der Waals surface area contributed by atoms with Crippen molar-refractivity contribution in [1.29, 1.82) is 0 Å². The number of aryl methyl sites for hydroxylation is 1. The van der Waals surface area contributed by atoms with E-state index in [0.29, 0.717) is 24.0 Å². The lowest BCUT2D eigenvalue weighted by atomic mass is 10.1. The molecule has 0 saturated carbocycles. The van der Waals surface area contributed by atoms with Crippen LogP contribution in [0.15, 0.2) is 6.33 Å². The third-order valence-corrected chi connectivity index (χ3v) is 3.31. The number of anilines is 1. The second kappa shape index (κ2) is 5.40. The first-order valence-corrected chi connectivity index (χ1v) is 6.17. The molecule has 0 radical (unpaired) electrons. The molecular formula is C12H19FN4. The third kappa shape index (κ3) is 2.54. The van der Waals surface area contributed by atoms with Crippen LogP contribution >= 0.6 is 0 Å². The van der Waals surface area contributed by atoms with E-state index in [1.54, 1.807) is 0 Å². The average molecular weight is 238 g/mol. The summed E-state index contributed by atoms with van der Waals surface area (Å²) >= 11 is 0. The van der Waals surface area contributed by atoms with Gasteiger partial charge in [0.25, 0.3) is 0 Å². The second-order valence-corrected chi connectivity index (χ2v) is 4.39. The predicted octanol–water partition coefficient (Wildman–Crippen LogP) is 1.37. The minimum atomic E-state index is -0.258. The molecular weight excluding hydrogens is 219 g/mol. The van der Waals surface area contributed by atoms with E-state index >= 15 is 0 Å². The highest BCUT2D eigenvalue weighted by Crippen LogP contribution is 2.22. The molecule has 0 bridgehead atoms. The molecule has 0 aromatic carbocycles. The van der Waals surface area contributed by atoms with Gasteiger partial charge in [0.1, 0.15) is 6.33 Å². The summed E-state index contributed by atoms with van der Waals surface area (Å²) in [6.45, 7) is 3.59. The Balaban J connectivity index is 2.21. The Hall–Kier alpha value is -1.23. The van der Waals surface area contributed by atoms with Gasteiger partial charge in [-0.1, -0.05) is 6.92 Å². The van der Waals surface area contributed by atoms with Crippen molar-refractivity contribution in [1.82, 2.24) is 15.3 Å². The number of halogens is 1. The molecule has 1 aromatic heterocycles. The lowest BCUT2D eigenvalue weighted by molar-refractivity contribution is 0.441. The third-order valence-electron chi connectivity index (χ3n) is 3.31. The molecule has 1 fully saturated rings. The van der Waals surface area contributed by atoms with E-state index in [2.05, 4.69) is 15.3 Å². The number of rotatable bonds is 3. The standard InChI is InChI=1S/C12H19FN4/c1-3-10-11(13)12(16-8-15-10)17-6-4-5-9(7-17)14-2/h8-9,14H,3-7H2,1-2H3. The number of nitrogens with zero attached hydrogens (tertiary/aromatic N) is 3. The van der Waals surface area contributed by atoms with Gasteiger partial charge in [-0.05, 0) is 26.3 Å². The van der Waals surface area contributed by atoms with Gasteiger partial charge in [0.15, 0.2) is 11.6 Å². The van der Waals surface area contributed by atoms with Crippen LogP contribution in [-0.2, 0) is 6.42 Å². The molecule has 4 nitrogen and oxygen atoms in total. The molecule has 1 aromatic rings. The molecule has 5 heteroatoms. The van der Waals surface area contributed by atoms with Crippen LogP contribution in [-0.4, -0.2) is 36.1 Å². The summed E-state index contributed by atoms with van der Waals surface area (Å²) in [6.07, 6.45) is 4.27. The Kier molecular flexibility index (Phi) is 3.89. The first-order valence-electron chi connectivity index (χ1n) is 6.17. The molecule has 17 heavy (non-hydrogen) atoms. The van der Waals surface area contributed by atoms with Gasteiger partial charge in [0, 0.05) is 19.1 Å². The smallest absolute Gasteiger partial charge is 0.187 e. The minimum Gasteiger partial charge on any atom is -0.353 e. The second-order valence-electron chi connectivity index (χ2n) is 4.39. The fraction of sp³-hybridized carbons (Fsp3) is 0.667. The zero-order chi connectivity index (χ0) is 12.3. The predicted molar refractivity (Wildman–Crippen MR) is 65.7 cm³/mol. The zero-order valence-corrected chi connectivity index (χ0v) is 10.4. The molecule has 94 valence electrons. The average Bonchev–Trinajstić information content (AvgIpc) is 2.39. The number of nitrogens with one attached hydrogen (secondary N) is 1. The quantitative estimate of drug-likeness (QED) is 0.863. The van der Waals surface area contributed by atoms with Crippen molar-refractivity contribution in [2.24, 2.45) is 0 Å². The molecule has 0 aliphatic carbocycles. The summed E-state index contributed by atoms with van der Waals surface area (Å²) in [5.41, 5.74) is 0.501. The van der Waals surface area contributed by atoms with Crippen LogP contribution in [0.2, 0.25) is 0 Å². The van der Waals surface area contributed by atoms with Gasteiger partial charge < -0.3 is 10.2 Å². The highest BCUT2D eigenvalue weighted by molar-refractivity contribution is 5.41. The Morgan fingerprint density at radius 2 is 2.35 bits per heavy atom. The van der Waals surface area contributed by atoms with Gasteiger partial charge >= 0.3 is 0 Å². The van der Waals surface area contributed by atoms with Gasteiger partial charge in [-0.15, -0.1) is 0 Å². The Morgan fingerprint density at radius 3 is 3.06 bits per heavy atom. The van der Waals surface area contributed by atoms with Crippen molar-refractivity contribution >= 4 is 5.82 Å². The fourth-order valence-electron chi connectivity index (χ4n) is 2.27. The molecule has 0 amide bonds. The van der Waals surface area contributed by atoms with E-state index in [1.807, 2.05) is 18.9 Å². The van der Waals surface area contributed by atoms with E-state index in [-0.39, 0.29) is 5.82 Å². The highest BCUT2D eigenvalue weighted by atomic mass is 19.1. The van der Waals surface area contributed by atoms with Crippen molar-refractivity contribution in [3.05, 3.63) is 17.8 Å². The summed E-state index contributed by atoms with van der Waals surface area (Å²) in [4.78, 5) is 10.1. The summed E-state index contributed by atoms with van der Waals surface area (Å²) in [5, 5.41) is 3.24. The van der Waals surface area contributed by atoms with Crippen molar-refractivity contribution in [3.63, 3.8) is 0 Å². The maximum atomic E-state index is 14.1. The van der Waals surface area contributed by atoms with Gasteiger partial charge in [-0.3, -0.25) is 0 Å². The van der Waals surface area contributed by atoms with Crippen LogP contribution in [0.3, 0.4) is 0 Å². The van der Waals surface area contributed by atoms with Gasteiger partial charge in [-0.2, -0.15) is 0 Å². The lowest BCUT2D eigenvalue weighted by Gasteiger charge is -2.33. The van der Waals surface area contributed by atoms with E-state index < -0.39 is 0 Å². The molecule has 1 aliphatic rings. The van der Waals surface area contributed by atoms with Crippen LogP contribution in [0.25, 0.3) is 0 Å². The monoisotopic (exact) mass is 238 g/mol.